The Morgan fingerprint density at radius 3 is 2.68 bits per heavy atom. The smallest absolute Gasteiger partial charge is 0.225 e. The van der Waals surface area contributed by atoms with Gasteiger partial charge in [-0.05, 0) is 37.3 Å². The Kier molecular flexibility index (Phi) is 3.01. The van der Waals surface area contributed by atoms with Gasteiger partial charge in [0.15, 0.2) is 0 Å². The molecule has 100 valence electrons. The molecule has 0 amide bonds. The zero-order valence-electron chi connectivity index (χ0n) is 11.5. The second-order valence-electron chi connectivity index (χ2n) is 5.61. The Hall–Kier alpha value is -1.84. The van der Waals surface area contributed by atoms with Crippen molar-refractivity contribution in [2.45, 2.75) is 26.7 Å². The molecule has 0 unspecified atom stereocenters. The molecular weight excluding hydrogens is 236 g/mol. The molecule has 4 nitrogen and oxygen atoms in total. The van der Waals surface area contributed by atoms with E-state index < -0.39 is 0 Å². The molecule has 19 heavy (non-hydrogen) atoms. The van der Waals surface area contributed by atoms with Crippen LogP contribution in [0.1, 0.15) is 26.7 Å². The Bertz CT molecular complexity index is 590. The van der Waals surface area contributed by atoms with Crippen molar-refractivity contribution in [3.63, 3.8) is 0 Å². The van der Waals surface area contributed by atoms with Crippen LogP contribution in [0.15, 0.2) is 24.3 Å². The molecule has 0 saturated heterocycles. The Morgan fingerprint density at radius 1 is 1.16 bits per heavy atom. The number of anilines is 2. The van der Waals surface area contributed by atoms with Crippen LogP contribution in [0.25, 0.3) is 10.9 Å². The number of benzene rings is 1. The molecule has 4 heteroatoms. The largest absolute Gasteiger partial charge is 0.369 e. The number of hydrogen-bond acceptors (Lipinski definition) is 4. The number of fused-ring (bicyclic) bond motifs is 1. The highest BCUT2D eigenvalue weighted by atomic mass is 15.1. The molecule has 1 heterocycles. The van der Waals surface area contributed by atoms with Gasteiger partial charge in [0.2, 0.25) is 5.95 Å². The van der Waals surface area contributed by atoms with Crippen LogP contribution >= 0.6 is 0 Å². The summed E-state index contributed by atoms with van der Waals surface area (Å²) in [6.45, 7) is 6.18. The van der Waals surface area contributed by atoms with E-state index in [-0.39, 0.29) is 0 Å². The summed E-state index contributed by atoms with van der Waals surface area (Å²) < 4.78 is 0. The van der Waals surface area contributed by atoms with Gasteiger partial charge in [-0.3, -0.25) is 0 Å². The lowest BCUT2D eigenvalue weighted by Crippen LogP contribution is -2.14. The zero-order chi connectivity index (χ0) is 13.3. The maximum atomic E-state index is 4.59. The number of para-hydroxylation sites is 1. The summed E-state index contributed by atoms with van der Waals surface area (Å²) in [6.07, 6.45) is 2.62. The molecule has 2 N–H and O–H groups in total. The molecule has 0 bridgehead atoms. The van der Waals surface area contributed by atoms with Gasteiger partial charge in [-0.1, -0.05) is 19.1 Å². The normalized spacial score (nSPS) is 16.3. The number of aromatic nitrogens is 2. The van der Waals surface area contributed by atoms with E-state index in [1.807, 2.05) is 18.2 Å². The first-order valence-electron chi connectivity index (χ1n) is 6.95. The highest BCUT2D eigenvalue weighted by molar-refractivity contribution is 5.90. The second-order valence-corrected chi connectivity index (χ2v) is 5.61. The van der Waals surface area contributed by atoms with Crippen LogP contribution in [0.3, 0.4) is 0 Å². The van der Waals surface area contributed by atoms with Crippen molar-refractivity contribution in [3.05, 3.63) is 24.3 Å². The fourth-order valence-corrected chi connectivity index (χ4v) is 2.14. The van der Waals surface area contributed by atoms with E-state index in [9.17, 15) is 0 Å². The van der Waals surface area contributed by atoms with Crippen molar-refractivity contribution in [2.24, 2.45) is 5.41 Å². The van der Waals surface area contributed by atoms with Crippen molar-refractivity contribution in [3.8, 4) is 0 Å². The third-order valence-corrected chi connectivity index (χ3v) is 3.72. The molecule has 0 radical (unpaired) electrons. The van der Waals surface area contributed by atoms with Crippen LogP contribution in [0, 0.1) is 5.41 Å². The monoisotopic (exact) mass is 256 g/mol. The summed E-state index contributed by atoms with van der Waals surface area (Å²) in [5.41, 5.74) is 1.45. The van der Waals surface area contributed by atoms with Gasteiger partial charge in [0, 0.05) is 18.5 Å². The molecular formula is C15H20N4. The summed E-state index contributed by atoms with van der Waals surface area (Å²) in [6, 6.07) is 8.14. The van der Waals surface area contributed by atoms with Crippen molar-refractivity contribution in [1.82, 2.24) is 9.97 Å². The lowest BCUT2D eigenvalue weighted by Gasteiger charge is -2.14. The van der Waals surface area contributed by atoms with E-state index >= 15 is 0 Å². The van der Waals surface area contributed by atoms with Crippen molar-refractivity contribution in [2.75, 3.05) is 23.7 Å². The number of nitrogens with zero attached hydrogens (tertiary/aromatic N) is 2. The molecule has 1 saturated carbocycles. The fraction of sp³-hybridized carbons (Fsp3) is 0.467. The highest BCUT2D eigenvalue weighted by Crippen LogP contribution is 2.44. The molecule has 3 rings (SSSR count). The maximum absolute atomic E-state index is 4.59. The van der Waals surface area contributed by atoms with E-state index in [4.69, 9.17) is 0 Å². The minimum atomic E-state index is 0.463. The average molecular weight is 256 g/mol. The minimum Gasteiger partial charge on any atom is -0.369 e. The Labute approximate surface area is 113 Å². The lowest BCUT2D eigenvalue weighted by atomic mass is 10.1. The maximum Gasteiger partial charge on any atom is 0.225 e. The molecule has 0 atom stereocenters. The van der Waals surface area contributed by atoms with Crippen LogP contribution in [-0.4, -0.2) is 23.1 Å². The van der Waals surface area contributed by atoms with Crippen molar-refractivity contribution >= 4 is 22.7 Å². The predicted molar refractivity (Wildman–Crippen MR) is 79.5 cm³/mol. The minimum absolute atomic E-state index is 0.463. The number of nitrogens with one attached hydrogen (secondary N) is 2. The molecule has 1 aromatic carbocycles. The summed E-state index contributed by atoms with van der Waals surface area (Å²) >= 11 is 0. The SMILES string of the molecule is CCNc1nc(NCC2(C)CC2)c2ccccc2n1. The van der Waals surface area contributed by atoms with Crippen LogP contribution in [0.2, 0.25) is 0 Å². The van der Waals surface area contributed by atoms with Gasteiger partial charge >= 0.3 is 0 Å². The highest BCUT2D eigenvalue weighted by Gasteiger charge is 2.36. The summed E-state index contributed by atoms with van der Waals surface area (Å²) in [5, 5.41) is 7.78. The van der Waals surface area contributed by atoms with Crippen molar-refractivity contribution < 1.29 is 0 Å². The molecule has 1 aliphatic carbocycles. The van der Waals surface area contributed by atoms with Gasteiger partial charge in [-0.25, -0.2) is 4.98 Å². The molecule has 2 aromatic rings. The summed E-state index contributed by atoms with van der Waals surface area (Å²) in [7, 11) is 0. The van der Waals surface area contributed by atoms with Crippen LogP contribution in [0.5, 0.6) is 0 Å². The van der Waals surface area contributed by atoms with E-state index in [0.717, 1.165) is 29.8 Å². The van der Waals surface area contributed by atoms with Gasteiger partial charge in [-0.2, -0.15) is 4.98 Å². The molecule has 1 fully saturated rings. The Morgan fingerprint density at radius 2 is 1.95 bits per heavy atom. The second kappa shape index (κ2) is 4.68. The van der Waals surface area contributed by atoms with Gasteiger partial charge in [0.1, 0.15) is 5.82 Å². The van der Waals surface area contributed by atoms with Gasteiger partial charge in [0.25, 0.3) is 0 Å². The van der Waals surface area contributed by atoms with Crippen LogP contribution in [0.4, 0.5) is 11.8 Å². The third kappa shape index (κ3) is 2.62. The number of hydrogen-bond donors (Lipinski definition) is 2. The predicted octanol–water partition coefficient (Wildman–Crippen LogP) is 3.27. The van der Waals surface area contributed by atoms with E-state index in [2.05, 4.69) is 40.5 Å². The first-order valence-corrected chi connectivity index (χ1v) is 6.95. The van der Waals surface area contributed by atoms with Gasteiger partial charge < -0.3 is 10.6 Å². The molecule has 1 aromatic heterocycles. The van der Waals surface area contributed by atoms with Gasteiger partial charge in [-0.15, -0.1) is 0 Å². The first-order chi connectivity index (χ1) is 9.20. The fourth-order valence-electron chi connectivity index (χ4n) is 2.14. The molecule has 0 aliphatic heterocycles. The summed E-state index contributed by atoms with van der Waals surface area (Å²) in [4.78, 5) is 9.11. The topological polar surface area (TPSA) is 49.8 Å². The summed E-state index contributed by atoms with van der Waals surface area (Å²) in [5.74, 6) is 1.64. The quantitative estimate of drug-likeness (QED) is 0.862. The van der Waals surface area contributed by atoms with E-state index in [0.29, 0.717) is 11.4 Å². The average Bonchev–Trinajstić information content (AvgIpc) is 3.15. The lowest BCUT2D eigenvalue weighted by molar-refractivity contribution is 0.610. The molecule has 1 aliphatic rings. The van der Waals surface area contributed by atoms with Crippen LogP contribution < -0.4 is 10.6 Å². The zero-order valence-corrected chi connectivity index (χ0v) is 11.5. The van der Waals surface area contributed by atoms with Gasteiger partial charge in [0.05, 0.1) is 5.52 Å². The van der Waals surface area contributed by atoms with Crippen molar-refractivity contribution in [1.29, 1.82) is 0 Å². The standard InChI is InChI=1S/C15H20N4/c1-3-16-14-18-12-7-5-4-6-11(12)13(19-14)17-10-15(2)8-9-15/h4-7H,3,8-10H2,1-2H3,(H2,16,17,18,19). The van der Waals surface area contributed by atoms with E-state index in [1.165, 1.54) is 12.8 Å². The third-order valence-electron chi connectivity index (χ3n) is 3.72. The Balaban J connectivity index is 1.94. The molecule has 0 spiro atoms. The van der Waals surface area contributed by atoms with E-state index in [1.54, 1.807) is 0 Å². The number of rotatable bonds is 5. The van der Waals surface area contributed by atoms with Crippen LogP contribution in [-0.2, 0) is 0 Å². The first kappa shape index (κ1) is 12.2.